The van der Waals surface area contributed by atoms with E-state index in [9.17, 15) is 20.0 Å². The molecule has 0 aliphatic carbocycles. The largest absolute Gasteiger partial charge is 0.465 e. The summed E-state index contributed by atoms with van der Waals surface area (Å²) >= 11 is 3.40. The second-order valence-electron chi connectivity index (χ2n) is 8.48. The number of hydrogen-bond acceptors (Lipinski definition) is 5. The minimum absolute atomic E-state index is 0.0701. The van der Waals surface area contributed by atoms with Crippen LogP contribution in [0.3, 0.4) is 0 Å². The lowest BCUT2D eigenvalue weighted by Crippen LogP contribution is -2.61. The summed E-state index contributed by atoms with van der Waals surface area (Å²) in [6, 6.07) is 6.96. The molecule has 4 saturated heterocycles. The van der Waals surface area contributed by atoms with Crippen LogP contribution in [0.2, 0.25) is 0 Å². The third-order valence-electron chi connectivity index (χ3n) is 7.13. The smallest absolute Gasteiger partial charge is 0.407 e. The molecule has 1 aromatic rings. The van der Waals surface area contributed by atoms with Crippen LogP contribution in [-0.2, 0) is 14.3 Å². The van der Waals surface area contributed by atoms with E-state index in [-0.39, 0.29) is 23.8 Å². The third kappa shape index (κ3) is 2.25. The number of ether oxygens (including phenoxy) is 2. The fraction of sp³-hybridized carbons (Fsp3) is 0.550. The molecule has 8 nitrogen and oxygen atoms in total. The standard InChI is InChI=1S/C20H20BrN3O5/c1-19-8-13(23(2)18(26)27)20(29-19)5-6-28-17-15(20)14(19)16(25)24(17)11-4-3-10(9-22)12(21)7-11/h3-4,7,13-15,17H,5-6,8H2,1-2H3,(H,26,27)/t13-,14-,15+,17+,19-,20+/m1/s1. The van der Waals surface area contributed by atoms with E-state index in [1.165, 1.54) is 4.90 Å². The van der Waals surface area contributed by atoms with Crippen molar-refractivity contribution in [2.75, 3.05) is 18.6 Å². The Kier molecular flexibility index (Phi) is 3.86. The second kappa shape index (κ2) is 5.94. The Bertz CT molecular complexity index is 979. The summed E-state index contributed by atoms with van der Waals surface area (Å²) in [4.78, 5) is 28.2. The third-order valence-corrected chi connectivity index (χ3v) is 7.79. The molecule has 4 heterocycles. The first-order chi connectivity index (χ1) is 13.7. The highest BCUT2D eigenvalue weighted by Gasteiger charge is 2.79. The van der Waals surface area contributed by atoms with Crippen molar-refractivity contribution in [2.45, 2.75) is 43.2 Å². The Morgan fingerprint density at radius 2 is 2.24 bits per heavy atom. The lowest BCUT2D eigenvalue weighted by molar-refractivity contribution is -0.150. The Balaban J connectivity index is 1.60. The van der Waals surface area contributed by atoms with Crippen molar-refractivity contribution in [3.63, 3.8) is 0 Å². The number of benzene rings is 1. The number of anilines is 1. The molecular weight excluding hydrogens is 442 g/mol. The molecule has 29 heavy (non-hydrogen) atoms. The molecule has 1 aromatic carbocycles. The predicted molar refractivity (Wildman–Crippen MR) is 104 cm³/mol. The van der Waals surface area contributed by atoms with Crippen LogP contribution in [0.1, 0.15) is 25.3 Å². The average Bonchev–Trinajstić information content (AvgIpc) is 3.25. The Morgan fingerprint density at radius 1 is 1.48 bits per heavy atom. The van der Waals surface area contributed by atoms with Crippen LogP contribution in [0.5, 0.6) is 0 Å². The van der Waals surface area contributed by atoms with Crippen molar-refractivity contribution < 1.29 is 24.2 Å². The summed E-state index contributed by atoms with van der Waals surface area (Å²) in [7, 11) is 1.57. The summed E-state index contributed by atoms with van der Waals surface area (Å²) in [5, 5.41) is 18.8. The molecule has 0 unspecified atom stereocenters. The number of hydrogen-bond donors (Lipinski definition) is 1. The Morgan fingerprint density at radius 3 is 2.90 bits per heavy atom. The first kappa shape index (κ1) is 18.9. The van der Waals surface area contributed by atoms with E-state index in [0.717, 1.165) is 0 Å². The monoisotopic (exact) mass is 461 g/mol. The molecule has 4 fully saturated rings. The maximum atomic E-state index is 13.6. The summed E-state index contributed by atoms with van der Waals surface area (Å²) in [6.07, 6.45) is -0.477. The molecule has 4 aliphatic rings. The molecule has 6 atom stereocenters. The number of carbonyl (C=O) groups is 2. The van der Waals surface area contributed by atoms with E-state index in [0.29, 0.717) is 35.2 Å². The molecule has 152 valence electrons. The molecule has 1 N–H and O–H groups in total. The first-order valence-electron chi connectivity index (χ1n) is 9.54. The van der Waals surface area contributed by atoms with Gasteiger partial charge >= 0.3 is 6.09 Å². The normalized spacial score (nSPS) is 39.4. The van der Waals surface area contributed by atoms with Gasteiger partial charge in [0.15, 0.2) is 0 Å². The van der Waals surface area contributed by atoms with Gasteiger partial charge < -0.3 is 19.5 Å². The molecule has 0 radical (unpaired) electrons. The highest BCUT2D eigenvalue weighted by Crippen LogP contribution is 2.66. The number of carboxylic acid groups (broad SMARTS) is 1. The van der Waals surface area contributed by atoms with Gasteiger partial charge in [0.2, 0.25) is 5.91 Å². The van der Waals surface area contributed by atoms with E-state index >= 15 is 0 Å². The molecule has 2 bridgehead atoms. The SMILES string of the molecule is CN(C(=O)O)[C@@H]1C[C@@]2(C)O[C@@]13CCO[C@H]1[C@@H]3[C@@H]2C(=O)N1c1ccc(C#N)c(Br)c1. The van der Waals surface area contributed by atoms with Gasteiger partial charge in [-0.05, 0) is 41.1 Å². The number of rotatable bonds is 2. The van der Waals surface area contributed by atoms with Crippen molar-refractivity contribution in [1.82, 2.24) is 4.90 Å². The number of nitriles is 1. The molecule has 0 aromatic heterocycles. The predicted octanol–water partition coefficient (Wildman–Crippen LogP) is 2.56. The van der Waals surface area contributed by atoms with Gasteiger partial charge in [0, 0.05) is 30.0 Å². The number of amides is 2. The van der Waals surface area contributed by atoms with Crippen molar-refractivity contribution in [3.8, 4) is 6.07 Å². The average molecular weight is 462 g/mol. The van der Waals surface area contributed by atoms with Crippen LogP contribution in [-0.4, -0.2) is 59.1 Å². The summed E-state index contributed by atoms with van der Waals surface area (Å²) in [5.41, 5.74) is -0.326. The van der Waals surface area contributed by atoms with Crippen LogP contribution < -0.4 is 4.90 Å². The van der Waals surface area contributed by atoms with Crippen LogP contribution >= 0.6 is 15.9 Å². The van der Waals surface area contributed by atoms with Gasteiger partial charge in [-0.1, -0.05) is 0 Å². The summed E-state index contributed by atoms with van der Waals surface area (Å²) in [5.74, 6) is -0.705. The maximum Gasteiger partial charge on any atom is 0.407 e. The minimum Gasteiger partial charge on any atom is -0.465 e. The van der Waals surface area contributed by atoms with E-state index in [2.05, 4.69) is 22.0 Å². The topological polar surface area (TPSA) is 103 Å². The maximum absolute atomic E-state index is 13.6. The molecule has 1 spiro atoms. The quantitative estimate of drug-likeness (QED) is 0.725. The molecule has 2 amide bonds. The number of halogens is 1. The van der Waals surface area contributed by atoms with E-state index < -0.39 is 23.5 Å². The molecular formula is C20H20BrN3O5. The van der Waals surface area contributed by atoms with Crippen molar-refractivity contribution in [3.05, 3.63) is 28.2 Å². The van der Waals surface area contributed by atoms with Gasteiger partial charge in [-0.25, -0.2) is 4.79 Å². The van der Waals surface area contributed by atoms with Crippen molar-refractivity contribution in [2.24, 2.45) is 11.8 Å². The summed E-state index contributed by atoms with van der Waals surface area (Å²) < 4.78 is 13.2. The lowest BCUT2D eigenvalue weighted by atomic mass is 9.63. The van der Waals surface area contributed by atoms with E-state index in [1.807, 2.05) is 6.92 Å². The van der Waals surface area contributed by atoms with E-state index in [4.69, 9.17) is 9.47 Å². The molecule has 4 aliphatic heterocycles. The lowest BCUT2D eigenvalue weighted by Gasteiger charge is -2.47. The number of likely N-dealkylation sites (N-methyl/N-ethyl adjacent to an activating group) is 1. The van der Waals surface area contributed by atoms with E-state index in [1.54, 1.807) is 30.1 Å². The number of nitrogens with zero attached hydrogens (tertiary/aromatic N) is 3. The minimum atomic E-state index is -0.999. The number of fused-ring (bicyclic) bond motifs is 2. The van der Waals surface area contributed by atoms with Crippen LogP contribution in [0.15, 0.2) is 22.7 Å². The highest BCUT2D eigenvalue weighted by atomic mass is 79.9. The van der Waals surface area contributed by atoms with Gasteiger partial charge in [-0.2, -0.15) is 5.26 Å². The van der Waals surface area contributed by atoms with Gasteiger partial charge in [0.25, 0.3) is 0 Å². The summed E-state index contributed by atoms with van der Waals surface area (Å²) in [6.45, 7) is 2.30. The van der Waals surface area contributed by atoms with Gasteiger partial charge in [0.05, 0.1) is 41.3 Å². The molecule has 0 saturated carbocycles. The van der Waals surface area contributed by atoms with Crippen molar-refractivity contribution >= 4 is 33.6 Å². The first-order valence-corrected chi connectivity index (χ1v) is 10.3. The zero-order valence-corrected chi connectivity index (χ0v) is 17.5. The number of carbonyl (C=O) groups excluding carboxylic acids is 1. The van der Waals surface area contributed by atoms with Crippen molar-refractivity contribution in [1.29, 1.82) is 5.26 Å². The van der Waals surface area contributed by atoms with Crippen LogP contribution in [0.4, 0.5) is 10.5 Å². The van der Waals surface area contributed by atoms with Gasteiger partial charge in [0.1, 0.15) is 12.3 Å². The highest BCUT2D eigenvalue weighted by molar-refractivity contribution is 9.10. The van der Waals surface area contributed by atoms with Crippen LogP contribution in [0, 0.1) is 23.2 Å². The van der Waals surface area contributed by atoms with Crippen LogP contribution in [0.25, 0.3) is 0 Å². The fourth-order valence-corrected chi connectivity index (χ4v) is 6.47. The van der Waals surface area contributed by atoms with Gasteiger partial charge in [-0.15, -0.1) is 0 Å². The molecule has 9 heteroatoms. The second-order valence-corrected chi connectivity index (χ2v) is 9.34. The molecule has 5 rings (SSSR count). The zero-order valence-electron chi connectivity index (χ0n) is 16.0. The zero-order chi connectivity index (χ0) is 20.7. The fourth-order valence-electron chi connectivity index (χ4n) is 6.02. The van der Waals surface area contributed by atoms with Gasteiger partial charge in [-0.3, -0.25) is 9.69 Å². The Labute approximate surface area is 176 Å². The Hall–Kier alpha value is -2.15.